The quantitative estimate of drug-likeness (QED) is 0.439. The van der Waals surface area contributed by atoms with Gasteiger partial charge in [-0.05, 0) is 19.8 Å². The smallest absolute Gasteiger partial charge is 0.310 e. The van der Waals surface area contributed by atoms with Gasteiger partial charge >= 0.3 is 5.97 Å². The Hall–Kier alpha value is -0.980. The molecule has 0 bridgehead atoms. The number of carboxylic acids is 1. The number of carboxylic acid groups (broad SMARTS) is 1. The van der Waals surface area contributed by atoms with Gasteiger partial charge in [0.15, 0.2) is 0 Å². The van der Waals surface area contributed by atoms with Crippen molar-refractivity contribution in [3.05, 3.63) is 0 Å². The maximum absolute atomic E-state index is 9.87. The number of ketones is 1. The monoisotopic (exact) mass is 236 g/mol. The number of rotatable bonds is 7. The molecule has 4 N–H and O–H groups in total. The van der Waals surface area contributed by atoms with Crippen LogP contribution in [-0.4, -0.2) is 52.0 Å². The van der Waals surface area contributed by atoms with E-state index in [4.69, 9.17) is 20.4 Å². The molecule has 16 heavy (non-hydrogen) atoms. The Labute approximate surface area is 94.5 Å². The molecule has 0 fully saturated rings. The molecule has 0 aromatic rings. The molecule has 0 aromatic carbocycles. The lowest BCUT2D eigenvalue weighted by Gasteiger charge is -2.07. The van der Waals surface area contributed by atoms with E-state index in [2.05, 4.69) is 0 Å². The zero-order chi connectivity index (χ0) is 13.0. The molecule has 6 nitrogen and oxygen atoms in total. The number of carbonyl (C=O) groups is 2. The van der Waals surface area contributed by atoms with Crippen molar-refractivity contribution in [1.82, 2.24) is 0 Å². The van der Waals surface area contributed by atoms with Crippen molar-refractivity contribution in [2.24, 2.45) is 5.92 Å². The van der Waals surface area contributed by atoms with E-state index in [0.717, 1.165) is 0 Å². The lowest BCUT2D eigenvalue weighted by Crippen LogP contribution is -2.11. The predicted molar refractivity (Wildman–Crippen MR) is 56.9 cm³/mol. The highest BCUT2D eigenvalue weighted by Gasteiger charge is 2.03. The summed E-state index contributed by atoms with van der Waals surface area (Å²) in [6, 6.07) is 0. The van der Waals surface area contributed by atoms with Crippen LogP contribution in [0.25, 0.3) is 0 Å². The van der Waals surface area contributed by atoms with Crippen LogP contribution in [0.4, 0.5) is 0 Å². The van der Waals surface area contributed by atoms with Crippen LogP contribution in [0.1, 0.15) is 26.2 Å². The lowest BCUT2D eigenvalue weighted by molar-refractivity contribution is -0.139. The van der Waals surface area contributed by atoms with Gasteiger partial charge in [0.05, 0.1) is 0 Å². The molecule has 0 saturated heterocycles. The van der Waals surface area contributed by atoms with Crippen LogP contribution >= 0.6 is 0 Å². The standard InChI is InChI=1S/C6H14O3.C4H6O3/c7-3-1-2-6(4-8)5-9;1-3(5)2-4(6)7/h6-9H,1-5H2;2H2,1H3,(H,6,7). The first-order chi connectivity index (χ1) is 7.47. The summed E-state index contributed by atoms with van der Waals surface area (Å²) in [5.74, 6) is -1.42. The van der Waals surface area contributed by atoms with E-state index >= 15 is 0 Å². The van der Waals surface area contributed by atoms with Crippen molar-refractivity contribution in [2.75, 3.05) is 19.8 Å². The van der Waals surface area contributed by atoms with Crippen LogP contribution in [0.2, 0.25) is 0 Å². The number of carbonyl (C=O) groups excluding carboxylic acids is 1. The summed E-state index contributed by atoms with van der Waals surface area (Å²) in [5.41, 5.74) is 0. The number of aliphatic hydroxyl groups is 3. The van der Waals surface area contributed by atoms with Crippen LogP contribution in [-0.2, 0) is 9.59 Å². The third-order valence-electron chi connectivity index (χ3n) is 1.69. The van der Waals surface area contributed by atoms with Crippen LogP contribution in [0.15, 0.2) is 0 Å². The molecule has 0 aliphatic rings. The minimum atomic E-state index is -1.06. The lowest BCUT2D eigenvalue weighted by atomic mass is 10.1. The number of aliphatic carboxylic acids is 1. The minimum Gasteiger partial charge on any atom is -0.481 e. The Morgan fingerprint density at radius 1 is 1.12 bits per heavy atom. The first-order valence-electron chi connectivity index (χ1n) is 5.01. The highest BCUT2D eigenvalue weighted by Crippen LogP contribution is 2.02. The van der Waals surface area contributed by atoms with Gasteiger partial charge in [-0.1, -0.05) is 0 Å². The second kappa shape index (κ2) is 12.1. The van der Waals surface area contributed by atoms with Crippen molar-refractivity contribution in [1.29, 1.82) is 0 Å². The fraction of sp³-hybridized carbons (Fsp3) is 0.800. The Balaban J connectivity index is 0. The van der Waals surface area contributed by atoms with Gasteiger partial charge in [0.25, 0.3) is 0 Å². The molecule has 0 amide bonds. The molecular weight excluding hydrogens is 216 g/mol. The minimum absolute atomic E-state index is 0.0104. The SMILES string of the molecule is CC(=O)CC(=O)O.OCCCC(CO)CO. The van der Waals surface area contributed by atoms with Crippen LogP contribution in [0.5, 0.6) is 0 Å². The summed E-state index contributed by atoms with van der Waals surface area (Å²) in [5, 5.41) is 33.2. The van der Waals surface area contributed by atoms with E-state index < -0.39 is 5.97 Å². The van der Waals surface area contributed by atoms with Gasteiger partial charge in [0.1, 0.15) is 12.2 Å². The largest absolute Gasteiger partial charge is 0.481 e. The van der Waals surface area contributed by atoms with Crippen molar-refractivity contribution >= 4 is 11.8 Å². The van der Waals surface area contributed by atoms with Gasteiger partial charge < -0.3 is 20.4 Å². The topological polar surface area (TPSA) is 115 Å². The number of aliphatic hydroxyl groups excluding tert-OH is 3. The molecule has 0 atom stereocenters. The molecule has 0 aliphatic heterocycles. The summed E-state index contributed by atoms with van der Waals surface area (Å²) >= 11 is 0. The Bertz CT molecular complexity index is 176. The molecule has 0 spiro atoms. The summed E-state index contributed by atoms with van der Waals surface area (Å²) < 4.78 is 0. The van der Waals surface area contributed by atoms with E-state index in [0.29, 0.717) is 12.8 Å². The molecule has 6 heteroatoms. The van der Waals surface area contributed by atoms with Gasteiger partial charge in [-0.15, -0.1) is 0 Å². The fourth-order valence-corrected chi connectivity index (χ4v) is 0.833. The van der Waals surface area contributed by atoms with Gasteiger partial charge in [0.2, 0.25) is 0 Å². The Morgan fingerprint density at radius 2 is 1.62 bits per heavy atom. The maximum Gasteiger partial charge on any atom is 0.310 e. The van der Waals surface area contributed by atoms with E-state index in [-0.39, 0.29) is 37.9 Å². The first kappa shape index (κ1) is 17.4. The van der Waals surface area contributed by atoms with Crippen LogP contribution in [0, 0.1) is 5.92 Å². The summed E-state index contributed by atoms with van der Waals surface area (Å²) in [7, 11) is 0. The Morgan fingerprint density at radius 3 is 1.81 bits per heavy atom. The van der Waals surface area contributed by atoms with Gasteiger partial charge in [-0.3, -0.25) is 9.59 Å². The van der Waals surface area contributed by atoms with Crippen molar-refractivity contribution in [3.8, 4) is 0 Å². The summed E-state index contributed by atoms with van der Waals surface area (Å²) in [6.07, 6.45) is 0.995. The average molecular weight is 236 g/mol. The highest BCUT2D eigenvalue weighted by molar-refractivity contribution is 5.93. The van der Waals surface area contributed by atoms with Crippen LogP contribution < -0.4 is 0 Å². The fourth-order valence-electron chi connectivity index (χ4n) is 0.833. The predicted octanol–water partition coefficient (Wildman–Crippen LogP) is -0.590. The normalized spacial score (nSPS) is 9.56. The van der Waals surface area contributed by atoms with Gasteiger partial charge in [0, 0.05) is 25.7 Å². The molecule has 0 radical (unpaired) electrons. The first-order valence-corrected chi connectivity index (χ1v) is 5.01. The summed E-state index contributed by atoms with van der Waals surface area (Å²) in [6.45, 7) is 1.40. The number of hydrogen-bond donors (Lipinski definition) is 4. The zero-order valence-electron chi connectivity index (χ0n) is 9.43. The molecule has 0 heterocycles. The third-order valence-corrected chi connectivity index (χ3v) is 1.69. The number of hydrogen-bond acceptors (Lipinski definition) is 5. The number of Topliss-reactive ketones (excluding diaryl/α,β-unsaturated/α-hetero) is 1. The van der Waals surface area contributed by atoms with E-state index in [1.807, 2.05) is 0 Å². The zero-order valence-corrected chi connectivity index (χ0v) is 9.43. The molecule has 0 rings (SSSR count). The van der Waals surface area contributed by atoms with Gasteiger partial charge in [-0.2, -0.15) is 0 Å². The third kappa shape index (κ3) is 15.5. The van der Waals surface area contributed by atoms with E-state index in [9.17, 15) is 9.59 Å². The second-order valence-corrected chi connectivity index (χ2v) is 3.37. The molecule has 0 unspecified atom stereocenters. The summed E-state index contributed by atoms with van der Waals surface area (Å²) in [4.78, 5) is 19.5. The highest BCUT2D eigenvalue weighted by atomic mass is 16.4. The van der Waals surface area contributed by atoms with Crippen molar-refractivity contribution in [2.45, 2.75) is 26.2 Å². The Kier molecular flexibility index (Phi) is 13.2. The average Bonchev–Trinajstić information content (AvgIpc) is 2.18. The van der Waals surface area contributed by atoms with Crippen molar-refractivity contribution < 1.29 is 30.0 Å². The van der Waals surface area contributed by atoms with E-state index in [1.165, 1.54) is 6.92 Å². The van der Waals surface area contributed by atoms with Gasteiger partial charge in [-0.25, -0.2) is 0 Å². The van der Waals surface area contributed by atoms with Crippen LogP contribution in [0.3, 0.4) is 0 Å². The molecule has 0 aliphatic carbocycles. The maximum atomic E-state index is 9.87. The molecule has 0 saturated carbocycles. The van der Waals surface area contributed by atoms with E-state index in [1.54, 1.807) is 0 Å². The molecule has 96 valence electrons. The second-order valence-electron chi connectivity index (χ2n) is 3.37. The molecular formula is C10H20O6. The molecule has 0 aromatic heterocycles. The van der Waals surface area contributed by atoms with Crippen molar-refractivity contribution in [3.63, 3.8) is 0 Å².